The first kappa shape index (κ1) is 24.6. The summed E-state index contributed by atoms with van der Waals surface area (Å²) in [5.74, 6) is 1.91. The molecule has 0 bridgehead atoms. The number of carbonyl (C=O) groups is 1. The van der Waals surface area contributed by atoms with Crippen LogP contribution in [0.15, 0.2) is 42.6 Å². The summed E-state index contributed by atoms with van der Waals surface area (Å²) < 4.78 is 0. The van der Waals surface area contributed by atoms with E-state index in [-0.39, 0.29) is 12.6 Å². The van der Waals surface area contributed by atoms with Crippen molar-refractivity contribution >= 4 is 11.7 Å². The van der Waals surface area contributed by atoms with Crippen molar-refractivity contribution in [2.24, 2.45) is 11.8 Å². The molecule has 1 amide bonds. The van der Waals surface area contributed by atoms with Crippen molar-refractivity contribution in [1.29, 1.82) is 0 Å². The third kappa shape index (κ3) is 6.34. The molecule has 1 aromatic carbocycles. The van der Waals surface area contributed by atoms with Crippen LogP contribution in [0, 0.1) is 18.8 Å². The van der Waals surface area contributed by atoms with Gasteiger partial charge in [0.1, 0.15) is 5.82 Å². The van der Waals surface area contributed by atoms with Gasteiger partial charge in [0.25, 0.3) is 0 Å². The second-order valence-corrected chi connectivity index (χ2v) is 9.93. The highest BCUT2D eigenvalue weighted by Crippen LogP contribution is 2.33. The van der Waals surface area contributed by atoms with Crippen molar-refractivity contribution < 1.29 is 9.90 Å². The van der Waals surface area contributed by atoms with E-state index in [1.165, 1.54) is 16.7 Å². The summed E-state index contributed by atoms with van der Waals surface area (Å²) in [5.41, 5.74) is 9.56. The Morgan fingerprint density at radius 1 is 1.12 bits per heavy atom. The van der Waals surface area contributed by atoms with Crippen LogP contribution in [0.1, 0.15) is 48.3 Å². The maximum Gasteiger partial charge on any atom is 0.225 e. The average molecular weight is 466 g/mol. The van der Waals surface area contributed by atoms with E-state index in [1.807, 2.05) is 12.1 Å². The summed E-state index contributed by atoms with van der Waals surface area (Å²) in [4.78, 5) is 21.8. The standard InChI is InChI=1S/C27H39N5O2/c1-20-2-4-22(5-3-20)25(17-29-19-33)23-9-14-32(15-10-23)27(34)24-7-12-31(13-8-24)18-21-6-11-30-26(28)16-21/h2-6,11,16,23-25,29,33H,7-10,12-15,17-19H2,1H3,(H2,28,30). The number of nitrogens with zero attached hydrogens (tertiary/aromatic N) is 3. The fraction of sp³-hybridized carbons (Fsp3) is 0.556. The maximum absolute atomic E-state index is 13.3. The van der Waals surface area contributed by atoms with Gasteiger partial charge >= 0.3 is 0 Å². The Morgan fingerprint density at radius 2 is 1.82 bits per heavy atom. The highest BCUT2D eigenvalue weighted by Gasteiger charge is 2.33. The molecule has 34 heavy (non-hydrogen) atoms. The molecule has 0 aliphatic carbocycles. The summed E-state index contributed by atoms with van der Waals surface area (Å²) in [6.45, 7) is 7.28. The molecule has 2 fully saturated rings. The molecule has 4 N–H and O–H groups in total. The Hall–Kier alpha value is -2.48. The summed E-state index contributed by atoms with van der Waals surface area (Å²) in [6, 6.07) is 12.7. The van der Waals surface area contributed by atoms with Crippen LogP contribution in [0.5, 0.6) is 0 Å². The Kier molecular flexibility index (Phi) is 8.53. The molecule has 7 nitrogen and oxygen atoms in total. The van der Waals surface area contributed by atoms with E-state index in [4.69, 9.17) is 5.73 Å². The van der Waals surface area contributed by atoms with Gasteiger partial charge in [-0.1, -0.05) is 29.8 Å². The number of aryl methyl sites for hydroxylation is 1. The van der Waals surface area contributed by atoms with E-state index < -0.39 is 0 Å². The van der Waals surface area contributed by atoms with E-state index in [0.29, 0.717) is 23.6 Å². The molecule has 0 radical (unpaired) electrons. The topological polar surface area (TPSA) is 94.7 Å². The van der Waals surface area contributed by atoms with Crippen molar-refractivity contribution in [1.82, 2.24) is 20.1 Å². The SMILES string of the molecule is Cc1ccc(C(CNCO)C2CCN(C(=O)C3CCN(Cc4ccnc(N)c4)CC3)CC2)cc1. The highest BCUT2D eigenvalue weighted by atomic mass is 16.3. The molecule has 4 rings (SSSR count). The van der Waals surface area contributed by atoms with Crippen LogP contribution in [-0.2, 0) is 11.3 Å². The van der Waals surface area contributed by atoms with Crippen LogP contribution in [-0.4, -0.2) is 65.3 Å². The molecule has 184 valence electrons. The molecule has 0 spiro atoms. The summed E-state index contributed by atoms with van der Waals surface area (Å²) in [6.07, 6.45) is 5.63. The molecule has 7 heteroatoms. The number of likely N-dealkylation sites (tertiary alicyclic amines) is 2. The zero-order chi connectivity index (χ0) is 23.9. The van der Waals surface area contributed by atoms with Gasteiger partial charge in [0, 0.05) is 38.3 Å². The third-order valence-electron chi connectivity index (χ3n) is 7.59. The monoisotopic (exact) mass is 465 g/mol. The lowest BCUT2D eigenvalue weighted by Gasteiger charge is -2.39. The second kappa shape index (κ2) is 11.8. The number of aliphatic hydroxyl groups excluding tert-OH is 1. The van der Waals surface area contributed by atoms with E-state index in [9.17, 15) is 9.90 Å². The minimum Gasteiger partial charge on any atom is -0.384 e. The van der Waals surface area contributed by atoms with Crippen molar-refractivity contribution in [3.8, 4) is 0 Å². The largest absolute Gasteiger partial charge is 0.384 e. The van der Waals surface area contributed by atoms with Gasteiger partial charge in [-0.05, 0) is 80.8 Å². The number of nitrogen functional groups attached to an aromatic ring is 1. The molecule has 1 atom stereocenters. The molecule has 3 heterocycles. The predicted molar refractivity (Wildman–Crippen MR) is 135 cm³/mol. The van der Waals surface area contributed by atoms with Crippen molar-refractivity contribution in [2.45, 2.75) is 45.1 Å². The molecular weight excluding hydrogens is 426 g/mol. The van der Waals surface area contributed by atoms with Crippen molar-refractivity contribution in [2.75, 3.05) is 45.2 Å². The Morgan fingerprint density at radius 3 is 2.47 bits per heavy atom. The number of hydrogen-bond acceptors (Lipinski definition) is 6. The number of rotatable bonds is 8. The minimum absolute atomic E-state index is 0.00701. The lowest BCUT2D eigenvalue weighted by Crippen LogP contribution is -2.46. The van der Waals surface area contributed by atoms with Crippen molar-refractivity contribution in [3.63, 3.8) is 0 Å². The van der Waals surface area contributed by atoms with E-state index in [2.05, 4.69) is 51.3 Å². The van der Waals surface area contributed by atoms with Gasteiger partial charge in [0.05, 0.1) is 6.73 Å². The fourth-order valence-electron chi connectivity index (χ4n) is 5.56. The van der Waals surface area contributed by atoms with Crippen molar-refractivity contribution in [3.05, 3.63) is 59.3 Å². The Bertz CT molecular complexity index is 919. The molecule has 1 aromatic heterocycles. The zero-order valence-electron chi connectivity index (χ0n) is 20.3. The van der Waals surface area contributed by atoms with Gasteiger partial charge in [-0.2, -0.15) is 0 Å². The molecule has 2 aliphatic rings. The molecular formula is C27H39N5O2. The number of benzene rings is 1. The lowest BCUT2D eigenvalue weighted by atomic mass is 9.79. The van der Waals surface area contributed by atoms with E-state index in [1.54, 1.807) is 6.20 Å². The number of anilines is 1. The number of carbonyl (C=O) groups excluding carboxylic acids is 1. The fourth-order valence-corrected chi connectivity index (χ4v) is 5.56. The maximum atomic E-state index is 13.3. The number of nitrogens with one attached hydrogen (secondary N) is 1. The first-order chi connectivity index (χ1) is 16.5. The lowest BCUT2D eigenvalue weighted by molar-refractivity contribution is -0.138. The number of piperidine rings is 2. The van der Waals surface area contributed by atoms with E-state index in [0.717, 1.165) is 65.0 Å². The van der Waals surface area contributed by atoms with Gasteiger partial charge in [-0.15, -0.1) is 0 Å². The zero-order valence-corrected chi connectivity index (χ0v) is 20.3. The summed E-state index contributed by atoms with van der Waals surface area (Å²) in [5, 5.41) is 12.4. The van der Waals surface area contributed by atoms with Gasteiger partial charge in [-0.25, -0.2) is 4.98 Å². The number of aliphatic hydroxyl groups is 1. The summed E-state index contributed by atoms with van der Waals surface area (Å²) in [7, 11) is 0. The van der Waals surface area contributed by atoms with E-state index >= 15 is 0 Å². The van der Waals surface area contributed by atoms with Crippen LogP contribution >= 0.6 is 0 Å². The average Bonchev–Trinajstić information content (AvgIpc) is 2.86. The predicted octanol–water partition coefficient (Wildman–Crippen LogP) is 2.75. The number of aromatic nitrogens is 1. The van der Waals surface area contributed by atoms with Crippen LogP contribution in [0.25, 0.3) is 0 Å². The summed E-state index contributed by atoms with van der Waals surface area (Å²) >= 11 is 0. The normalized spacial score (nSPS) is 19.3. The molecule has 2 aromatic rings. The third-order valence-corrected chi connectivity index (χ3v) is 7.59. The van der Waals surface area contributed by atoms with Gasteiger partial charge in [-0.3, -0.25) is 15.0 Å². The number of hydrogen-bond donors (Lipinski definition) is 3. The first-order valence-corrected chi connectivity index (χ1v) is 12.6. The Labute approximate surface area is 203 Å². The smallest absolute Gasteiger partial charge is 0.225 e. The molecule has 2 saturated heterocycles. The van der Waals surface area contributed by atoms with Crippen LogP contribution in [0.3, 0.4) is 0 Å². The minimum atomic E-state index is -0.00701. The molecule has 2 aliphatic heterocycles. The second-order valence-electron chi connectivity index (χ2n) is 9.93. The quantitative estimate of drug-likeness (QED) is 0.519. The number of amides is 1. The molecule has 0 saturated carbocycles. The van der Waals surface area contributed by atoms with Gasteiger partial charge < -0.3 is 15.7 Å². The first-order valence-electron chi connectivity index (χ1n) is 12.6. The van der Waals surface area contributed by atoms with Gasteiger partial charge in [0.2, 0.25) is 5.91 Å². The van der Waals surface area contributed by atoms with Crippen LogP contribution in [0.2, 0.25) is 0 Å². The van der Waals surface area contributed by atoms with Crippen LogP contribution < -0.4 is 11.1 Å². The highest BCUT2D eigenvalue weighted by molar-refractivity contribution is 5.79. The number of nitrogens with two attached hydrogens (primary N) is 1. The Balaban J connectivity index is 1.27. The number of pyridine rings is 1. The van der Waals surface area contributed by atoms with Gasteiger partial charge in [0.15, 0.2) is 0 Å². The molecule has 1 unspecified atom stereocenters. The van der Waals surface area contributed by atoms with Crippen LogP contribution in [0.4, 0.5) is 5.82 Å².